The van der Waals surface area contributed by atoms with Gasteiger partial charge in [0.05, 0.1) is 6.04 Å². The number of piperidine rings is 1. The van der Waals surface area contributed by atoms with Gasteiger partial charge in [0.2, 0.25) is 5.91 Å². The maximum absolute atomic E-state index is 13.2. The monoisotopic (exact) mass is 455 g/mol. The van der Waals surface area contributed by atoms with Crippen molar-refractivity contribution in [3.05, 3.63) is 34.6 Å². The number of hydrogen-bond acceptors (Lipinski definition) is 4. The lowest BCUT2D eigenvalue weighted by atomic mass is 9.91. The van der Waals surface area contributed by atoms with Crippen LogP contribution in [0.4, 0.5) is 4.39 Å². The molecule has 2 atom stereocenters. The average molecular weight is 457 g/mol. The molecule has 3 rings (SSSR count). The molecule has 2 heterocycles. The van der Waals surface area contributed by atoms with E-state index >= 15 is 0 Å². The number of halogens is 4. The topological polar surface area (TPSA) is 67.6 Å². The third-order valence-corrected chi connectivity index (χ3v) is 5.69. The van der Waals surface area contributed by atoms with Gasteiger partial charge in [0.25, 0.3) is 0 Å². The fourth-order valence-corrected chi connectivity index (χ4v) is 4.02. The van der Waals surface area contributed by atoms with Crippen LogP contribution in [0.1, 0.15) is 31.2 Å². The molecular formula is C19H29Cl3FN3O2. The third kappa shape index (κ3) is 7.01. The van der Waals surface area contributed by atoms with Crippen LogP contribution in [0.25, 0.3) is 0 Å². The lowest BCUT2D eigenvalue weighted by Gasteiger charge is -2.35. The Labute approximate surface area is 183 Å². The van der Waals surface area contributed by atoms with Gasteiger partial charge < -0.3 is 15.8 Å². The SMILES string of the molecule is Cl.Cl.NC(C(=O)NC1CCCN(Cc2ccc(F)cc2Cl)C1)C1CCOCC1. The number of ether oxygens (including phenoxy) is 1. The number of likely N-dealkylation sites (tertiary alicyclic amines) is 1. The van der Waals surface area contributed by atoms with Gasteiger partial charge in [0.1, 0.15) is 5.82 Å². The van der Waals surface area contributed by atoms with Crippen molar-refractivity contribution in [2.75, 3.05) is 26.3 Å². The van der Waals surface area contributed by atoms with Crippen LogP contribution in [0.15, 0.2) is 18.2 Å². The summed E-state index contributed by atoms with van der Waals surface area (Å²) < 4.78 is 18.5. The third-order valence-electron chi connectivity index (χ3n) is 5.34. The molecule has 28 heavy (non-hydrogen) atoms. The minimum absolute atomic E-state index is 0. The van der Waals surface area contributed by atoms with Gasteiger partial charge in [0.15, 0.2) is 0 Å². The molecule has 2 unspecified atom stereocenters. The van der Waals surface area contributed by atoms with Crippen LogP contribution < -0.4 is 11.1 Å². The molecule has 0 aromatic heterocycles. The summed E-state index contributed by atoms with van der Waals surface area (Å²) in [6.45, 7) is 3.70. The first-order valence-electron chi connectivity index (χ1n) is 9.33. The highest BCUT2D eigenvalue weighted by atomic mass is 35.5. The lowest BCUT2D eigenvalue weighted by molar-refractivity contribution is -0.125. The Kier molecular flexibility index (Phi) is 11.0. The summed E-state index contributed by atoms with van der Waals surface area (Å²) in [7, 11) is 0. The van der Waals surface area contributed by atoms with Gasteiger partial charge >= 0.3 is 0 Å². The number of hydrogen-bond donors (Lipinski definition) is 2. The second kappa shape index (κ2) is 12.2. The van der Waals surface area contributed by atoms with Crippen LogP contribution >= 0.6 is 36.4 Å². The van der Waals surface area contributed by atoms with Crippen LogP contribution in [-0.2, 0) is 16.1 Å². The van der Waals surface area contributed by atoms with E-state index in [4.69, 9.17) is 22.1 Å². The molecule has 0 aliphatic carbocycles. The molecule has 9 heteroatoms. The van der Waals surface area contributed by atoms with E-state index in [-0.39, 0.29) is 48.5 Å². The Balaban J connectivity index is 0.00000196. The Morgan fingerprint density at radius 3 is 2.71 bits per heavy atom. The van der Waals surface area contributed by atoms with Crippen molar-refractivity contribution in [1.29, 1.82) is 0 Å². The highest BCUT2D eigenvalue weighted by Gasteiger charge is 2.29. The van der Waals surface area contributed by atoms with Crippen molar-refractivity contribution in [1.82, 2.24) is 10.2 Å². The number of carbonyl (C=O) groups excluding carboxylic acids is 1. The first kappa shape index (κ1) is 25.4. The van der Waals surface area contributed by atoms with Gasteiger partial charge in [-0.3, -0.25) is 9.69 Å². The maximum Gasteiger partial charge on any atom is 0.237 e. The smallest absolute Gasteiger partial charge is 0.237 e. The fraction of sp³-hybridized carbons (Fsp3) is 0.632. The predicted octanol–water partition coefficient (Wildman–Crippen LogP) is 3.16. The van der Waals surface area contributed by atoms with E-state index in [2.05, 4.69) is 10.2 Å². The summed E-state index contributed by atoms with van der Waals surface area (Å²) in [6, 6.07) is 4.10. The normalized spacial score (nSPS) is 21.9. The Morgan fingerprint density at radius 1 is 1.32 bits per heavy atom. The number of nitrogens with one attached hydrogen (secondary N) is 1. The van der Waals surface area contributed by atoms with Crippen LogP contribution in [0.2, 0.25) is 5.02 Å². The van der Waals surface area contributed by atoms with E-state index in [1.54, 1.807) is 6.07 Å². The summed E-state index contributed by atoms with van der Waals surface area (Å²) in [5, 5.41) is 3.56. The van der Waals surface area contributed by atoms with Crippen LogP contribution in [-0.4, -0.2) is 49.2 Å². The van der Waals surface area contributed by atoms with Crippen molar-refractivity contribution in [2.45, 2.75) is 44.3 Å². The first-order chi connectivity index (χ1) is 12.5. The summed E-state index contributed by atoms with van der Waals surface area (Å²) in [5.41, 5.74) is 7.07. The molecule has 0 radical (unpaired) electrons. The van der Waals surface area contributed by atoms with Crippen molar-refractivity contribution in [2.24, 2.45) is 11.7 Å². The molecule has 3 N–H and O–H groups in total. The standard InChI is InChI=1S/C19H27ClFN3O2.2ClH/c20-17-10-15(21)4-3-14(17)11-24-7-1-2-16(12-24)23-19(25)18(22)13-5-8-26-9-6-13;;/h3-4,10,13,16,18H,1-2,5-9,11-12,22H2,(H,23,25);2*1H. The van der Waals surface area contributed by atoms with Crippen LogP contribution in [0, 0.1) is 11.7 Å². The molecule has 5 nitrogen and oxygen atoms in total. The largest absolute Gasteiger partial charge is 0.381 e. The highest BCUT2D eigenvalue weighted by molar-refractivity contribution is 6.31. The summed E-state index contributed by atoms with van der Waals surface area (Å²) in [4.78, 5) is 14.8. The minimum atomic E-state index is -0.471. The average Bonchev–Trinajstić information content (AvgIpc) is 2.64. The van der Waals surface area contributed by atoms with Crippen LogP contribution in [0.3, 0.4) is 0 Å². The molecule has 0 spiro atoms. The highest BCUT2D eigenvalue weighted by Crippen LogP contribution is 2.22. The summed E-state index contributed by atoms with van der Waals surface area (Å²) in [5.74, 6) is -0.199. The first-order valence-corrected chi connectivity index (χ1v) is 9.70. The number of rotatable bonds is 5. The van der Waals surface area contributed by atoms with Gasteiger partial charge in [-0.2, -0.15) is 0 Å². The summed E-state index contributed by atoms with van der Waals surface area (Å²) >= 11 is 6.13. The van der Waals surface area contributed by atoms with Crippen molar-refractivity contribution in [3.63, 3.8) is 0 Å². The van der Waals surface area contributed by atoms with E-state index < -0.39 is 6.04 Å². The molecule has 1 aromatic carbocycles. The van der Waals surface area contributed by atoms with E-state index in [1.165, 1.54) is 12.1 Å². The molecule has 1 amide bonds. The fourth-order valence-electron chi connectivity index (χ4n) is 3.79. The maximum atomic E-state index is 13.2. The molecule has 1 aromatic rings. The Hall–Kier alpha value is -0.630. The minimum Gasteiger partial charge on any atom is -0.381 e. The number of benzene rings is 1. The van der Waals surface area contributed by atoms with Gasteiger partial charge in [-0.05, 0) is 55.8 Å². The molecule has 0 saturated carbocycles. The zero-order chi connectivity index (χ0) is 18.5. The number of amides is 1. The van der Waals surface area contributed by atoms with E-state index in [0.717, 1.165) is 44.3 Å². The molecule has 0 bridgehead atoms. The van der Waals surface area contributed by atoms with Gasteiger partial charge in [0, 0.05) is 37.4 Å². The summed E-state index contributed by atoms with van der Waals surface area (Å²) in [6.07, 6.45) is 3.62. The molecule has 2 saturated heterocycles. The van der Waals surface area contributed by atoms with Gasteiger partial charge in [-0.1, -0.05) is 17.7 Å². The van der Waals surface area contributed by atoms with Gasteiger partial charge in [-0.15, -0.1) is 24.8 Å². The van der Waals surface area contributed by atoms with Crippen molar-refractivity contribution in [3.8, 4) is 0 Å². The molecule has 2 aliphatic rings. The van der Waals surface area contributed by atoms with E-state index in [9.17, 15) is 9.18 Å². The Morgan fingerprint density at radius 2 is 2.04 bits per heavy atom. The predicted molar refractivity (Wildman–Crippen MR) is 114 cm³/mol. The lowest BCUT2D eigenvalue weighted by Crippen LogP contribution is -2.54. The zero-order valence-electron chi connectivity index (χ0n) is 15.7. The second-order valence-electron chi connectivity index (χ2n) is 7.29. The number of nitrogens with zero attached hydrogens (tertiary/aromatic N) is 1. The molecule has 2 fully saturated rings. The quantitative estimate of drug-likeness (QED) is 0.714. The van der Waals surface area contributed by atoms with Crippen LogP contribution in [0.5, 0.6) is 0 Å². The zero-order valence-corrected chi connectivity index (χ0v) is 18.1. The number of nitrogens with two attached hydrogens (primary N) is 1. The van der Waals surface area contributed by atoms with E-state index in [0.29, 0.717) is 24.8 Å². The second-order valence-corrected chi connectivity index (χ2v) is 7.70. The van der Waals surface area contributed by atoms with Crippen molar-refractivity contribution < 1.29 is 13.9 Å². The molecular weight excluding hydrogens is 428 g/mol. The van der Waals surface area contributed by atoms with Gasteiger partial charge in [-0.25, -0.2) is 4.39 Å². The Bertz CT molecular complexity index is 632. The van der Waals surface area contributed by atoms with Crippen molar-refractivity contribution >= 4 is 42.3 Å². The van der Waals surface area contributed by atoms with E-state index in [1.807, 2.05) is 0 Å². The number of carbonyl (C=O) groups is 1. The molecule has 2 aliphatic heterocycles. The molecule has 160 valence electrons.